The lowest BCUT2D eigenvalue weighted by Gasteiger charge is -2.19. The third kappa shape index (κ3) is 3.40. The topological polar surface area (TPSA) is 102 Å². The predicted octanol–water partition coefficient (Wildman–Crippen LogP) is 3.04. The van der Waals surface area contributed by atoms with Gasteiger partial charge in [0.05, 0.1) is 11.3 Å². The Morgan fingerprint density at radius 2 is 1.96 bits per heavy atom. The van der Waals surface area contributed by atoms with E-state index in [-0.39, 0.29) is 11.0 Å². The minimum Gasteiger partial charge on any atom is -0.334 e. The second kappa shape index (κ2) is 7.29. The predicted molar refractivity (Wildman–Crippen MR) is 105 cm³/mol. The molecule has 3 rings (SSSR count). The summed E-state index contributed by atoms with van der Waals surface area (Å²) in [5.41, 5.74) is 3.25. The number of carbonyl (C=O) groups is 1. The van der Waals surface area contributed by atoms with Crippen LogP contribution >= 0.6 is 0 Å². The van der Waals surface area contributed by atoms with Gasteiger partial charge in [-0.25, -0.2) is 19.8 Å². The van der Waals surface area contributed by atoms with Crippen LogP contribution in [0.25, 0.3) is 22.3 Å². The number of hydrogen-bond acceptors (Lipinski definition) is 5. The molecule has 8 heteroatoms. The summed E-state index contributed by atoms with van der Waals surface area (Å²) in [6.07, 6.45) is 1.11. The Kier molecular flexibility index (Phi) is 5.03. The van der Waals surface area contributed by atoms with Crippen LogP contribution in [-0.2, 0) is 11.4 Å². The third-order valence-corrected chi connectivity index (χ3v) is 4.10. The summed E-state index contributed by atoms with van der Waals surface area (Å²) in [7, 11) is 0. The zero-order valence-electron chi connectivity index (χ0n) is 16.2. The maximum atomic E-state index is 13.1. The van der Waals surface area contributed by atoms with E-state index >= 15 is 0 Å². The number of nitrogens with zero attached hydrogens (tertiary/aromatic N) is 4. The zero-order valence-corrected chi connectivity index (χ0v) is 16.2. The van der Waals surface area contributed by atoms with Crippen LogP contribution in [-0.4, -0.2) is 25.8 Å². The van der Waals surface area contributed by atoms with E-state index in [4.69, 9.17) is 4.84 Å². The molecule has 144 valence electrons. The van der Waals surface area contributed by atoms with E-state index in [1.54, 1.807) is 25.3 Å². The van der Waals surface area contributed by atoms with Gasteiger partial charge >= 0.3 is 6.03 Å². The highest BCUT2D eigenvalue weighted by atomic mass is 16.7. The molecule has 3 aromatic rings. The van der Waals surface area contributed by atoms with Crippen molar-refractivity contribution in [3.05, 3.63) is 52.6 Å². The van der Waals surface area contributed by atoms with E-state index < -0.39 is 17.2 Å². The quantitative estimate of drug-likeness (QED) is 0.705. The molecule has 0 aliphatic heterocycles. The maximum absolute atomic E-state index is 13.1. The second-order valence-corrected chi connectivity index (χ2v) is 7.18. The van der Waals surface area contributed by atoms with Gasteiger partial charge in [0.2, 0.25) is 0 Å². The molecule has 0 saturated heterocycles. The molecular formula is C20H21N5O3. The molecule has 0 radical (unpaired) electrons. The number of rotatable bonds is 3. The van der Waals surface area contributed by atoms with Crippen LogP contribution in [0.5, 0.6) is 0 Å². The maximum Gasteiger partial charge on any atom is 0.353 e. The van der Waals surface area contributed by atoms with Gasteiger partial charge in [-0.2, -0.15) is 5.26 Å². The van der Waals surface area contributed by atoms with Gasteiger partial charge in [-0.3, -0.25) is 9.63 Å². The molecule has 2 heterocycles. The fourth-order valence-corrected chi connectivity index (χ4v) is 2.94. The van der Waals surface area contributed by atoms with E-state index in [2.05, 4.69) is 16.5 Å². The fourth-order valence-electron chi connectivity index (χ4n) is 2.94. The summed E-state index contributed by atoms with van der Waals surface area (Å²) < 4.78 is 2.56. The van der Waals surface area contributed by atoms with Crippen LogP contribution in [0.4, 0.5) is 4.79 Å². The van der Waals surface area contributed by atoms with Gasteiger partial charge in [0.25, 0.3) is 5.56 Å². The molecule has 0 aliphatic rings. The first kappa shape index (κ1) is 19.3. The number of hydroxylamine groups is 1. The van der Waals surface area contributed by atoms with E-state index in [0.29, 0.717) is 17.8 Å². The number of nitrogens with one attached hydrogen (secondary N) is 1. The van der Waals surface area contributed by atoms with Crippen molar-refractivity contribution >= 4 is 17.1 Å². The van der Waals surface area contributed by atoms with Gasteiger partial charge in [0, 0.05) is 6.54 Å². The number of aryl methyl sites for hydroxylation is 1. The smallest absolute Gasteiger partial charge is 0.334 e. The van der Waals surface area contributed by atoms with Gasteiger partial charge in [-0.05, 0) is 33.3 Å². The summed E-state index contributed by atoms with van der Waals surface area (Å²) >= 11 is 0. The molecule has 1 N–H and O–H groups in total. The summed E-state index contributed by atoms with van der Waals surface area (Å²) in [5.74, 6) is 0. The van der Waals surface area contributed by atoms with Gasteiger partial charge in [-0.1, -0.05) is 30.3 Å². The van der Waals surface area contributed by atoms with E-state index in [1.165, 1.54) is 0 Å². The number of fused-ring (bicyclic) bond motifs is 1. The minimum atomic E-state index is -0.752. The van der Waals surface area contributed by atoms with Crippen molar-refractivity contribution in [1.29, 1.82) is 5.26 Å². The van der Waals surface area contributed by atoms with E-state index in [0.717, 1.165) is 16.5 Å². The van der Waals surface area contributed by atoms with Crippen molar-refractivity contribution in [3.8, 4) is 17.3 Å². The molecule has 0 aliphatic carbocycles. The minimum absolute atomic E-state index is 0.200. The summed E-state index contributed by atoms with van der Waals surface area (Å²) in [4.78, 5) is 34.9. The number of nitriles is 1. The first-order chi connectivity index (χ1) is 13.3. The standard InChI is InChI=1S/C20H21N5O3/c1-5-24-16(13-9-7-6-8-10-13)14(11-21)15-17(24)18(26)25(12-22-15)19(27)23-28-20(2,3)4/h6-10,12H,5H2,1-4H3,(H,23,27). The molecule has 0 fully saturated rings. The number of carbonyl (C=O) groups excluding carboxylic acids is 1. The van der Waals surface area contributed by atoms with Crippen molar-refractivity contribution in [1.82, 2.24) is 19.6 Å². The summed E-state index contributed by atoms with van der Waals surface area (Å²) in [6, 6.07) is 10.7. The molecule has 28 heavy (non-hydrogen) atoms. The zero-order chi connectivity index (χ0) is 20.5. The first-order valence-corrected chi connectivity index (χ1v) is 8.86. The number of aromatic nitrogens is 3. The average Bonchev–Trinajstić information content (AvgIpc) is 3.00. The van der Waals surface area contributed by atoms with Crippen molar-refractivity contribution in [2.24, 2.45) is 0 Å². The van der Waals surface area contributed by atoms with Gasteiger partial charge < -0.3 is 4.57 Å². The normalized spacial score (nSPS) is 11.4. The molecular weight excluding hydrogens is 358 g/mol. The lowest BCUT2D eigenvalue weighted by molar-refractivity contribution is -0.0527. The van der Waals surface area contributed by atoms with Crippen LogP contribution in [0.3, 0.4) is 0 Å². The molecule has 0 bridgehead atoms. The van der Waals surface area contributed by atoms with Crippen LogP contribution < -0.4 is 11.0 Å². The molecule has 2 aromatic heterocycles. The van der Waals surface area contributed by atoms with E-state index in [1.807, 2.05) is 37.3 Å². The lowest BCUT2D eigenvalue weighted by atomic mass is 10.1. The summed E-state index contributed by atoms with van der Waals surface area (Å²) in [5, 5.41) is 9.72. The average molecular weight is 379 g/mol. The molecule has 0 saturated carbocycles. The Labute approximate surface area is 161 Å². The van der Waals surface area contributed by atoms with Crippen molar-refractivity contribution in [3.63, 3.8) is 0 Å². The van der Waals surface area contributed by atoms with Gasteiger partial charge in [-0.15, -0.1) is 0 Å². The molecule has 0 spiro atoms. The lowest BCUT2D eigenvalue weighted by Crippen LogP contribution is -2.40. The Balaban J connectivity index is 2.22. The van der Waals surface area contributed by atoms with Crippen LogP contribution in [0, 0.1) is 11.3 Å². The number of benzene rings is 1. The highest BCUT2D eigenvalue weighted by molar-refractivity contribution is 5.92. The third-order valence-electron chi connectivity index (χ3n) is 4.10. The van der Waals surface area contributed by atoms with E-state index in [9.17, 15) is 14.9 Å². The van der Waals surface area contributed by atoms with Crippen LogP contribution in [0.15, 0.2) is 41.5 Å². The monoisotopic (exact) mass is 379 g/mol. The molecule has 0 atom stereocenters. The Morgan fingerprint density at radius 1 is 1.29 bits per heavy atom. The Morgan fingerprint density at radius 3 is 2.54 bits per heavy atom. The highest BCUT2D eigenvalue weighted by Crippen LogP contribution is 2.30. The molecule has 0 unspecified atom stereocenters. The Bertz CT molecular complexity index is 1130. The van der Waals surface area contributed by atoms with Gasteiger partial charge in [0.1, 0.15) is 29.0 Å². The second-order valence-electron chi connectivity index (χ2n) is 7.18. The highest BCUT2D eigenvalue weighted by Gasteiger charge is 2.24. The SMILES string of the molecule is CCn1c(-c2ccccc2)c(C#N)c2ncn(C(=O)NOC(C)(C)C)c(=O)c21. The number of amides is 1. The number of hydrogen-bond donors (Lipinski definition) is 1. The van der Waals surface area contributed by atoms with Gasteiger partial charge in [0.15, 0.2) is 0 Å². The Hall–Kier alpha value is -3.44. The molecule has 8 nitrogen and oxygen atoms in total. The van der Waals surface area contributed by atoms with Crippen molar-refractivity contribution < 1.29 is 9.63 Å². The summed E-state index contributed by atoms with van der Waals surface area (Å²) in [6.45, 7) is 7.61. The first-order valence-electron chi connectivity index (χ1n) is 8.86. The molecule has 1 amide bonds. The van der Waals surface area contributed by atoms with Crippen LogP contribution in [0.1, 0.15) is 33.3 Å². The molecule has 1 aromatic carbocycles. The largest absolute Gasteiger partial charge is 0.353 e. The van der Waals surface area contributed by atoms with Crippen molar-refractivity contribution in [2.75, 3.05) is 0 Å². The van der Waals surface area contributed by atoms with Crippen LogP contribution in [0.2, 0.25) is 0 Å². The van der Waals surface area contributed by atoms with Crippen molar-refractivity contribution in [2.45, 2.75) is 39.8 Å². The fraction of sp³-hybridized carbons (Fsp3) is 0.300.